The summed E-state index contributed by atoms with van der Waals surface area (Å²) in [7, 11) is 2.15. The van der Waals surface area contributed by atoms with E-state index in [1.807, 2.05) is 4.90 Å². The maximum Gasteiger partial charge on any atom is 0.236 e. The molecule has 1 aliphatic heterocycles. The molecule has 0 aromatic heterocycles. The molecule has 1 atom stereocenters. The highest BCUT2D eigenvalue weighted by Gasteiger charge is 2.51. The van der Waals surface area contributed by atoms with Gasteiger partial charge in [0.25, 0.3) is 0 Å². The number of hydrogen-bond acceptors (Lipinski definition) is 3. The Labute approximate surface area is 140 Å². The lowest BCUT2D eigenvalue weighted by Gasteiger charge is -2.57. The van der Waals surface area contributed by atoms with E-state index in [4.69, 9.17) is 4.74 Å². The van der Waals surface area contributed by atoms with Crippen molar-refractivity contribution in [1.82, 2.24) is 9.80 Å². The molecule has 130 valence electrons. The second-order valence-electron chi connectivity index (χ2n) is 9.11. The smallest absolute Gasteiger partial charge is 0.236 e. The first-order valence-electron chi connectivity index (χ1n) is 9.59. The molecule has 5 aliphatic rings. The maximum absolute atomic E-state index is 12.6. The number of carbonyl (C=O) groups excluding carboxylic acids is 1. The van der Waals surface area contributed by atoms with Crippen LogP contribution in [0.3, 0.4) is 0 Å². The maximum atomic E-state index is 12.6. The minimum atomic E-state index is 0.182. The van der Waals surface area contributed by atoms with Crippen molar-refractivity contribution in [1.29, 1.82) is 0 Å². The normalized spacial score (nSPS) is 42.5. The Morgan fingerprint density at radius 3 is 2.35 bits per heavy atom. The fourth-order valence-corrected chi connectivity index (χ4v) is 6.49. The number of ether oxygens (including phenoxy) is 1. The van der Waals surface area contributed by atoms with Crippen LogP contribution in [0.25, 0.3) is 0 Å². The molecule has 5 fully saturated rings. The van der Waals surface area contributed by atoms with E-state index in [2.05, 4.69) is 18.9 Å². The fourth-order valence-electron chi connectivity index (χ4n) is 6.49. The molecule has 1 unspecified atom stereocenters. The summed E-state index contributed by atoms with van der Waals surface area (Å²) in [5.41, 5.74) is 0.530. The molecular weight excluding hydrogens is 288 g/mol. The molecule has 4 nitrogen and oxygen atoms in total. The third-order valence-electron chi connectivity index (χ3n) is 6.77. The second kappa shape index (κ2) is 6.03. The molecule has 4 heteroatoms. The predicted octanol–water partition coefficient (Wildman–Crippen LogP) is 2.38. The van der Waals surface area contributed by atoms with Crippen molar-refractivity contribution < 1.29 is 9.53 Å². The van der Waals surface area contributed by atoms with Gasteiger partial charge in [0.15, 0.2) is 0 Å². The van der Waals surface area contributed by atoms with Crippen molar-refractivity contribution in [3.05, 3.63) is 0 Å². The van der Waals surface area contributed by atoms with Crippen LogP contribution in [0, 0.1) is 23.2 Å². The van der Waals surface area contributed by atoms with Crippen molar-refractivity contribution in [3.8, 4) is 0 Å². The molecular formula is C19H32N2O2. The molecule has 4 bridgehead atoms. The molecule has 0 radical (unpaired) electrons. The molecule has 4 aliphatic carbocycles. The van der Waals surface area contributed by atoms with Crippen LogP contribution in [-0.4, -0.2) is 61.6 Å². The van der Waals surface area contributed by atoms with Crippen molar-refractivity contribution in [2.24, 2.45) is 23.2 Å². The molecule has 1 amide bonds. The molecule has 5 rings (SSSR count). The van der Waals surface area contributed by atoms with Crippen LogP contribution in [0.5, 0.6) is 0 Å². The van der Waals surface area contributed by atoms with Gasteiger partial charge < -0.3 is 9.64 Å². The summed E-state index contributed by atoms with van der Waals surface area (Å²) in [6.45, 7) is 5.96. The fraction of sp³-hybridized carbons (Fsp3) is 0.947. The first kappa shape index (κ1) is 15.9. The van der Waals surface area contributed by atoms with Crippen LogP contribution in [0.1, 0.15) is 45.4 Å². The lowest BCUT2D eigenvalue weighted by molar-refractivity contribution is -0.140. The van der Waals surface area contributed by atoms with E-state index in [1.54, 1.807) is 0 Å². The zero-order valence-electron chi connectivity index (χ0n) is 14.8. The van der Waals surface area contributed by atoms with E-state index in [-0.39, 0.29) is 12.0 Å². The minimum absolute atomic E-state index is 0.182. The zero-order valence-corrected chi connectivity index (χ0v) is 14.8. The highest BCUT2D eigenvalue weighted by molar-refractivity contribution is 5.78. The predicted molar refractivity (Wildman–Crippen MR) is 90.1 cm³/mol. The number of amides is 1. The molecule has 1 heterocycles. The van der Waals surface area contributed by atoms with Crippen molar-refractivity contribution in [2.45, 2.75) is 51.6 Å². The van der Waals surface area contributed by atoms with Crippen LogP contribution in [0.4, 0.5) is 0 Å². The Balaban J connectivity index is 1.33. The van der Waals surface area contributed by atoms with Crippen LogP contribution in [0.2, 0.25) is 0 Å². The van der Waals surface area contributed by atoms with Crippen molar-refractivity contribution >= 4 is 5.91 Å². The molecule has 23 heavy (non-hydrogen) atoms. The third kappa shape index (κ3) is 3.30. The van der Waals surface area contributed by atoms with Gasteiger partial charge in [-0.1, -0.05) is 0 Å². The average molecular weight is 320 g/mol. The van der Waals surface area contributed by atoms with Crippen molar-refractivity contribution in [3.63, 3.8) is 0 Å². The van der Waals surface area contributed by atoms with Gasteiger partial charge in [0, 0.05) is 19.6 Å². The number of carbonyl (C=O) groups is 1. The number of likely N-dealkylation sites (N-methyl/N-ethyl adjacent to an activating group) is 1. The van der Waals surface area contributed by atoms with Gasteiger partial charge >= 0.3 is 0 Å². The first-order valence-corrected chi connectivity index (χ1v) is 9.59. The molecule has 0 N–H and O–H groups in total. The van der Waals surface area contributed by atoms with E-state index in [9.17, 15) is 4.79 Å². The SMILES string of the molecule is CC1CN(C(=O)CN(C)CC23CC4CC(CC(C4)C2)C3)CCO1. The van der Waals surface area contributed by atoms with Gasteiger partial charge in [-0.25, -0.2) is 0 Å². The Morgan fingerprint density at radius 1 is 1.17 bits per heavy atom. The monoisotopic (exact) mass is 320 g/mol. The van der Waals surface area contributed by atoms with Gasteiger partial charge in [-0.2, -0.15) is 0 Å². The van der Waals surface area contributed by atoms with E-state index in [1.165, 1.54) is 38.5 Å². The Kier molecular flexibility index (Phi) is 4.17. The van der Waals surface area contributed by atoms with Crippen molar-refractivity contribution in [2.75, 3.05) is 39.8 Å². The summed E-state index contributed by atoms with van der Waals surface area (Å²) in [6, 6.07) is 0. The van der Waals surface area contributed by atoms with Gasteiger partial charge in [0.1, 0.15) is 0 Å². The van der Waals surface area contributed by atoms with Gasteiger partial charge in [0.2, 0.25) is 5.91 Å². The minimum Gasteiger partial charge on any atom is -0.375 e. The molecule has 0 spiro atoms. The highest BCUT2D eigenvalue weighted by Crippen LogP contribution is 2.60. The average Bonchev–Trinajstić information content (AvgIpc) is 2.44. The third-order valence-corrected chi connectivity index (χ3v) is 6.77. The summed E-state index contributed by atoms with van der Waals surface area (Å²) in [5.74, 6) is 3.26. The van der Waals surface area contributed by atoms with E-state index in [0.29, 0.717) is 18.6 Å². The first-order chi connectivity index (χ1) is 11.0. The summed E-state index contributed by atoms with van der Waals surface area (Å²) < 4.78 is 5.55. The number of rotatable bonds is 4. The lowest BCUT2D eigenvalue weighted by Crippen LogP contribution is -2.53. The van der Waals surface area contributed by atoms with E-state index >= 15 is 0 Å². The molecule has 0 aromatic carbocycles. The quantitative estimate of drug-likeness (QED) is 0.797. The van der Waals surface area contributed by atoms with Crippen LogP contribution < -0.4 is 0 Å². The Hall–Kier alpha value is -0.610. The molecule has 1 saturated heterocycles. The summed E-state index contributed by atoms with van der Waals surface area (Å²) >= 11 is 0. The van der Waals surface area contributed by atoms with E-state index < -0.39 is 0 Å². The van der Waals surface area contributed by atoms with E-state index in [0.717, 1.165) is 37.4 Å². The number of hydrogen-bond donors (Lipinski definition) is 0. The van der Waals surface area contributed by atoms with Gasteiger partial charge in [-0.3, -0.25) is 9.69 Å². The summed E-state index contributed by atoms with van der Waals surface area (Å²) in [6.07, 6.45) is 8.93. The number of morpholine rings is 1. The van der Waals surface area contributed by atoms with Crippen LogP contribution in [0.15, 0.2) is 0 Å². The van der Waals surface area contributed by atoms with Gasteiger partial charge in [-0.15, -0.1) is 0 Å². The zero-order chi connectivity index (χ0) is 16.0. The lowest BCUT2D eigenvalue weighted by atomic mass is 9.49. The number of nitrogens with zero attached hydrogens (tertiary/aromatic N) is 2. The Morgan fingerprint density at radius 2 is 1.78 bits per heavy atom. The molecule has 0 aromatic rings. The van der Waals surface area contributed by atoms with Gasteiger partial charge in [0.05, 0.1) is 19.3 Å². The standard InChI is InChI=1S/C19H32N2O2/c1-14-11-21(3-4-23-14)18(22)12-20(2)13-19-8-15-5-16(9-19)7-17(6-15)10-19/h14-17H,3-13H2,1-2H3. The molecule has 4 saturated carbocycles. The summed E-state index contributed by atoms with van der Waals surface area (Å²) in [4.78, 5) is 16.9. The highest BCUT2D eigenvalue weighted by atomic mass is 16.5. The van der Waals surface area contributed by atoms with Gasteiger partial charge in [-0.05, 0) is 75.7 Å². The summed E-state index contributed by atoms with van der Waals surface area (Å²) in [5, 5.41) is 0. The largest absolute Gasteiger partial charge is 0.375 e. The topological polar surface area (TPSA) is 32.8 Å². The van der Waals surface area contributed by atoms with Crippen LogP contribution >= 0.6 is 0 Å². The second-order valence-corrected chi connectivity index (χ2v) is 9.11. The Bertz CT molecular complexity index is 429. The van der Waals surface area contributed by atoms with Crippen LogP contribution in [-0.2, 0) is 9.53 Å².